The Hall–Kier alpha value is -2.06. The minimum absolute atomic E-state index is 0.0112. The second-order valence-corrected chi connectivity index (χ2v) is 5.70. The number of hydrogen-bond acceptors (Lipinski definition) is 5. The molecule has 0 bridgehead atoms. The van der Waals surface area contributed by atoms with Crippen molar-refractivity contribution in [3.05, 3.63) is 36.0 Å². The molecule has 1 aromatic carbocycles. The summed E-state index contributed by atoms with van der Waals surface area (Å²) in [5.74, 6) is 0.188. The number of nitrogens with two attached hydrogens (primary N) is 1. The van der Waals surface area contributed by atoms with Crippen LogP contribution in [0.5, 0.6) is 5.75 Å². The first-order valence-electron chi connectivity index (χ1n) is 5.55. The van der Waals surface area contributed by atoms with Gasteiger partial charge in [0.2, 0.25) is 10.0 Å². The van der Waals surface area contributed by atoms with Crippen LogP contribution in [0.4, 0.5) is 5.82 Å². The predicted octanol–water partition coefficient (Wildman–Crippen LogP) is 0.219. The van der Waals surface area contributed by atoms with Crippen molar-refractivity contribution in [1.29, 1.82) is 0 Å². The molecule has 0 unspecified atom stereocenters. The van der Waals surface area contributed by atoms with Gasteiger partial charge in [-0.05, 0) is 24.1 Å². The molecular formula is C11H14N4O3S. The van der Waals surface area contributed by atoms with Crippen LogP contribution in [0, 0.1) is 0 Å². The number of aromatic nitrogens is 2. The number of phenolic OH excluding ortho intramolecular Hbond substituents is 1. The van der Waals surface area contributed by atoms with E-state index in [4.69, 9.17) is 10.8 Å². The van der Waals surface area contributed by atoms with E-state index in [9.17, 15) is 8.42 Å². The zero-order valence-electron chi connectivity index (χ0n) is 10.00. The highest BCUT2D eigenvalue weighted by Gasteiger charge is 2.18. The number of nitrogens with zero attached hydrogens (tertiary/aromatic N) is 1. The van der Waals surface area contributed by atoms with E-state index in [2.05, 4.69) is 14.9 Å². The molecule has 5 N–H and O–H groups in total. The molecule has 0 saturated carbocycles. The van der Waals surface area contributed by atoms with Gasteiger partial charge in [0.1, 0.15) is 16.5 Å². The third-order valence-corrected chi connectivity index (χ3v) is 4.05. The summed E-state index contributed by atoms with van der Waals surface area (Å²) in [7, 11) is -3.64. The lowest BCUT2D eigenvalue weighted by Gasteiger charge is -2.05. The SMILES string of the molecule is Nc1[nH]ncc1S(=O)(=O)NCCc1ccc(O)cc1. The molecule has 0 radical (unpaired) electrons. The molecule has 0 aliphatic heterocycles. The molecule has 0 aliphatic rings. The first-order valence-corrected chi connectivity index (χ1v) is 7.04. The number of phenols is 1. The van der Waals surface area contributed by atoms with E-state index in [0.29, 0.717) is 6.42 Å². The molecule has 19 heavy (non-hydrogen) atoms. The lowest BCUT2D eigenvalue weighted by atomic mass is 10.1. The van der Waals surface area contributed by atoms with E-state index in [1.807, 2.05) is 0 Å². The number of anilines is 1. The molecule has 1 heterocycles. The zero-order chi connectivity index (χ0) is 13.9. The highest BCUT2D eigenvalue weighted by Crippen LogP contribution is 2.14. The Morgan fingerprint density at radius 3 is 2.58 bits per heavy atom. The minimum atomic E-state index is -3.64. The van der Waals surface area contributed by atoms with Crippen LogP contribution in [0.2, 0.25) is 0 Å². The molecule has 8 heteroatoms. The van der Waals surface area contributed by atoms with Gasteiger partial charge >= 0.3 is 0 Å². The molecule has 7 nitrogen and oxygen atoms in total. The van der Waals surface area contributed by atoms with E-state index < -0.39 is 10.0 Å². The average Bonchev–Trinajstić information content (AvgIpc) is 2.79. The first-order chi connectivity index (χ1) is 8.99. The van der Waals surface area contributed by atoms with Gasteiger partial charge in [0.05, 0.1) is 6.20 Å². The normalized spacial score (nSPS) is 11.6. The number of benzene rings is 1. The molecule has 0 atom stereocenters. The maximum absolute atomic E-state index is 11.9. The lowest BCUT2D eigenvalue weighted by Crippen LogP contribution is -2.26. The van der Waals surface area contributed by atoms with Gasteiger partial charge in [-0.15, -0.1) is 0 Å². The Bertz CT molecular complexity index is 649. The van der Waals surface area contributed by atoms with Crippen LogP contribution in [0.1, 0.15) is 5.56 Å². The van der Waals surface area contributed by atoms with Gasteiger partial charge in [-0.2, -0.15) is 5.10 Å². The van der Waals surface area contributed by atoms with Crippen LogP contribution in [0.15, 0.2) is 35.4 Å². The third-order valence-electron chi connectivity index (χ3n) is 2.56. The fourth-order valence-electron chi connectivity index (χ4n) is 1.57. The van der Waals surface area contributed by atoms with Crippen molar-refractivity contribution in [1.82, 2.24) is 14.9 Å². The number of aromatic hydroxyl groups is 1. The second-order valence-electron chi connectivity index (χ2n) is 3.96. The van der Waals surface area contributed by atoms with Gasteiger partial charge in [0.15, 0.2) is 0 Å². The topological polar surface area (TPSA) is 121 Å². The van der Waals surface area contributed by atoms with Crippen molar-refractivity contribution in [2.24, 2.45) is 0 Å². The van der Waals surface area contributed by atoms with E-state index in [1.165, 1.54) is 0 Å². The fourth-order valence-corrected chi connectivity index (χ4v) is 2.62. The van der Waals surface area contributed by atoms with Gasteiger partial charge in [-0.3, -0.25) is 5.10 Å². The summed E-state index contributed by atoms with van der Waals surface area (Å²) in [6.45, 7) is 0.234. The number of nitrogens with one attached hydrogen (secondary N) is 2. The highest BCUT2D eigenvalue weighted by molar-refractivity contribution is 7.89. The van der Waals surface area contributed by atoms with Crippen molar-refractivity contribution >= 4 is 15.8 Å². The summed E-state index contributed by atoms with van der Waals surface area (Å²) >= 11 is 0. The number of H-pyrrole nitrogens is 1. The Kier molecular flexibility index (Phi) is 3.72. The number of nitrogen functional groups attached to an aromatic ring is 1. The summed E-state index contributed by atoms with van der Waals surface area (Å²) in [6.07, 6.45) is 1.68. The number of aromatic amines is 1. The van der Waals surface area contributed by atoms with E-state index >= 15 is 0 Å². The largest absolute Gasteiger partial charge is 0.508 e. The monoisotopic (exact) mass is 282 g/mol. The van der Waals surface area contributed by atoms with Crippen LogP contribution in [0.25, 0.3) is 0 Å². The van der Waals surface area contributed by atoms with Gasteiger partial charge in [-0.25, -0.2) is 13.1 Å². The lowest BCUT2D eigenvalue weighted by molar-refractivity contribution is 0.475. The molecule has 2 rings (SSSR count). The molecule has 2 aromatic rings. The van der Waals surface area contributed by atoms with Gasteiger partial charge in [0.25, 0.3) is 0 Å². The minimum Gasteiger partial charge on any atom is -0.508 e. The van der Waals surface area contributed by atoms with Crippen LogP contribution >= 0.6 is 0 Å². The maximum atomic E-state index is 11.9. The Morgan fingerprint density at radius 2 is 2.00 bits per heavy atom. The van der Waals surface area contributed by atoms with Gasteiger partial charge in [-0.1, -0.05) is 12.1 Å². The molecule has 0 amide bonds. The number of hydrogen-bond donors (Lipinski definition) is 4. The molecule has 0 spiro atoms. The summed E-state index contributed by atoms with van der Waals surface area (Å²) in [5, 5.41) is 15.1. The number of rotatable bonds is 5. The van der Waals surface area contributed by atoms with Crippen molar-refractivity contribution in [2.45, 2.75) is 11.3 Å². The van der Waals surface area contributed by atoms with Crippen LogP contribution in [0.3, 0.4) is 0 Å². The standard InChI is InChI=1S/C11H14N4O3S/c12-11-10(7-13-15-11)19(17,18)14-6-5-8-1-3-9(16)4-2-8/h1-4,7,14,16H,5-6H2,(H3,12,13,15). The molecule has 1 aromatic heterocycles. The fraction of sp³-hybridized carbons (Fsp3) is 0.182. The Labute approximate surface area is 110 Å². The average molecular weight is 282 g/mol. The summed E-state index contributed by atoms with van der Waals surface area (Å²) < 4.78 is 26.2. The molecule has 102 valence electrons. The van der Waals surface area contributed by atoms with Crippen LogP contribution in [-0.4, -0.2) is 30.3 Å². The van der Waals surface area contributed by atoms with Crippen molar-refractivity contribution in [3.8, 4) is 5.75 Å². The summed E-state index contributed by atoms with van der Waals surface area (Å²) in [4.78, 5) is -0.0572. The molecule has 0 fully saturated rings. The van der Waals surface area contributed by atoms with Crippen LogP contribution in [-0.2, 0) is 16.4 Å². The first kappa shape index (κ1) is 13.4. The molecule has 0 saturated heterocycles. The van der Waals surface area contributed by atoms with Crippen molar-refractivity contribution in [2.75, 3.05) is 12.3 Å². The predicted molar refractivity (Wildman–Crippen MR) is 70.0 cm³/mol. The summed E-state index contributed by atoms with van der Waals surface area (Å²) in [6, 6.07) is 6.57. The highest BCUT2D eigenvalue weighted by atomic mass is 32.2. The van der Waals surface area contributed by atoms with Crippen LogP contribution < -0.4 is 10.5 Å². The van der Waals surface area contributed by atoms with Gasteiger partial charge in [0, 0.05) is 6.54 Å². The zero-order valence-corrected chi connectivity index (χ0v) is 10.8. The number of sulfonamides is 1. The molecule has 0 aliphatic carbocycles. The Morgan fingerprint density at radius 1 is 1.32 bits per heavy atom. The second kappa shape index (κ2) is 5.29. The van der Waals surface area contributed by atoms with Crippen molar-refractivity contribution in [3.63, 3.8) is 0 Å². The van der Waals surface area contributed by atoms with E-state index in [-0.39, 0.29) is 23.0 Å². The maximum Gasteiger partial charge on any atom is 0.245 e. The van der Waals surface area contributed by atoms with E-state index in [1.54, 1.807) is 24.3 Å². The smallest absolute Gasteiger partial charge is 0.245 e. The third kappa shape index (κ3) is 3.24. The van der Waals surface area contributed by atoms with Gasteiger partial charge < -0.3 is 10.8 Å². The van der Waals surface area contributed by atoms with Crippen molar-refractivity contribution < 1.29 is 13.5 Å². The molecular weight excluding hydrogens is 268 g/mol. The summed E-state index contributed by atoms with van der Waals surface area (Å²) in [5.41, 5.74) is 6.38. The quantitative estimate of drug-likeness (QED) is 0.625. The van der Waals surface area contributed by atoms with E-state index in [0.717, 1.165) is 11.8 Å². The Balaban J connectivity index is 1.96.